The molecule has 2 aromatic carbocycles. The van der Waals surface area contributed by atoms with E-state index in [1.165, 1.54) is 4.31 Å². The SMILES string of the molecule is CC(c1nc2cc(Cl)ccc2c(=O)n1C)N1CCN(S(=O)(=O)c2ccccc2)CC1. The molecular weight excluding hydrogens is 424 g/mol. The van der Waals surface area contributed by atoms with Gasteiger partial charge in [0.2, 0.25) is 10.0 Å². The monoisotopic (exact) mass is 446 g/mol. The van der Waals surface area contributed by atoms with Gasteiger partial charge in [-0.05, 0) is 37.3 Å². The second-order valence-electron chi connectivity index (χ2n) is 7.42. The molecule has 0 saturated carbocycles. The van der Waals surface area contributed by atoms with Crippen molar-refractivity contribution in [1.82, 2.24) is 18.8 Å². The molecular formula is C21H23ClN4O3S. The van der Waals surface area contributed by atoms with Crippen molar-refractivity contribution in [2.75, 3.05) is 26.2 Å². The van der Waals surface area contributed by atoms with Crippen LogP contribution >= 0.6 is 11.6 Å². The van der Waals surface area contributed by atoms with E-state index < -0.39 is 10.0 Å². The number of piperazine rings is 1. The minimum atomic E-state index is -3.50. The normalized spacial score (nSPS) is 17.3. The van der Waals surface area contributed by atoms with Crippen LogP contribution < -0.4 is 5.56 Å². The molecule has 0 amide bonds. The van der Waals surface area contributed by atoms with Gasteiger partial charge in [0.05, 0.1) is 21.8 Å². The summed E-state index contributed by atoms with van der Waals surface area (Å²) in [6.45, 7) is 3.86. The van der Waals surface area contributed by atoms with Crippen LogP contribution in [0.3, 0.4) is 0 Å². The maximum absolute atomic E-state index is 12.8. The van der Waals surface area contributed by atoms with E-state index in [9.17, 15) is 13.2 Å². The summed E-state index contributed by atoms with van der Waals surface area (Å²) < 4.78 is 28.8. The summed E-state index contributed by atoms with van der Waals surface area (Å²) in [7, 11) is -1.79. The first kappa shape index (κ1) is 21.0. The molecule has 1 atom stereocenters. The molecule has 0 aliphatic carbocycles. The molecule has 9 heteroatoms. The molecule has 7 nitrogen and oxygen atoms in total. The van der Waals surface area contributed by atoms with Gasteiger partial charge in [0.25, 0.3) is 5.56 Å². The highest BCUT2D eigenvalue weighted by Gasteiger charge is 2.31. The van der Waals surface area contributed by atoms with E-state index in [0.29, 0.717) is 52.8 Å². The van der Waals surface area contributed by atoms with Crippen LogP contribution in [0.1, 0.15) is 18.8 Å². The predicted molar refractivity (Wildman–Crippen MR) is 117 cm³/mol. The predicted octanol–water partition coefficient (Wildman–Crippen LogP) is 2.65. The topological polar surface area (TPSA) is 75.5 Å². The second kappa shape index (κ2) is 8.11. The van der Waals surface area contributed by atoms with Gasteiger partial charge in [-0.25, -0.2) is 13.4 Å². The maximum atomic E-state index is 12.8. The molecule has 4 rings (SSSR count). The fraction of sp³-hybridized carbons (Fsp3) is 0.333. The minimum absolute atomic E-state index is 0.121. The Bertz CT molecular complexity index is 1240. The second-order valence-corrected chi connectivity index (χ2v) is 9.80. The maximum Gasteiger partial charge on any atom is 0.261 e. The zero-order valence-electron chi connectivity index (χ0n) is 16.8. The van der Waals surface area contributed by atoms with Crippen molar-refractivity contribution in [3.8, 4) is 0 Å². The summed E-state index contributed by atoms with van der Waals surface area (Å²) >= 11 is 6.08. The average molecular weight is 447 g/mol. The molecule has 0 N–H and O–H groups in total. The van der Waals surface area contributed by atoms with Gasteiger partial charge in [-0.1, -0.05) is 29.8 Å². The molecule has 0 radical (unpaired) electrons. The number of benzene rings is 2. The molecule has 0 bridgehead atoms. The van der Waals surface area contributed by atoms with Crippen molar-refractivity contribution >= 4 is 32.5 Å². The Hall–Kier alpha value is -2.26. The molecule has 2 heterocycles. The lowest BCUT2D eigenvalue weighted by Crippen LogP contribution is -2.49. The van der Waals surface area contributed by atoms with Gasteiger partial charge in [0, 0.05) is 38.2 Å². The van der Waals surface area contributed by atoms with Gasteiger partial charge < -0.3 is 0 Å². The van der Waals surface area contributed by atoms with Gasteiger partial charge in [-0.3, -0.25) is 14.3 Å². The quantitative estimate of drug-likeness (QED) is 0.615. The van der Waals surface area contributed by atoms with Crippen molar-refractivity contribution in [3.63, 3.8) is 0 Å². The molecule has 1 fully saturated rings. The molecule has 158 valence electrons. The van der Waals surface area contributed by atoms with Crippen LogP contribution in [0.2, 0.25) is 5.02 Å². The number of sulfonamides is 1. The zero-order chi connectivity index (χ0) is 21.5. The summed E-state index contributed by atoms with van der Waals surface area (Å²) in [5.41, 5.74) is 0.446. The van der Waals surface area contributed by atoms with Crippen LogP contribution in [0.25, 0.3) is 10.9 Å². The van der Waals surface area contributed by atoms with Crippen molar-refractivity contribution in [1.29, 1.82) is 0 Å². The first-order valence-corrected chi connectivity index (χ1v) is 11.6. The largest absolute Gasteiger partial charge is 0.298 e. The van der Waals surface area contributed by atoms with Crippen molar-refractivity contribution in [2.24, 2.45) is 7.05 Å². The lowest BCUT2D eigenvalue weighted by Gasteiger charge is -2.37. The number of halogens is 1. The van der Waals surface area contributed by atoms with Crippen molar-refractivity contribution in [3.05, 3.63) is 69.7 Å². The van der Waals surface area contributed by atoms with Gasteiger partial charge in [-0.2, -0.15) is 4.31 Å². The Labute approximate surface area is 180 Å². The third-order valence-corrected chi connectivity index (χ3v) is 7.80. The van der Waals surface area contributed by atoms with E-state index in [2.05, 4.69) is 4.90 Å². The Morgan fingerprint density at radius 2 is 1.70 bits per heavy atom. The Kier molecular flexibility index (Phi) is 5.67. The first-order chi connectivity index (χ1) is 14.3. The molecule has 1 unspecified atom stereocenters. The van der Waals surface area contributed by atoms with E-state index >= 15 is 0 Å². The Balaban J connectivity index is 1.56. The molecule has 1 aliphatic rings. The average Bonchev–Trinajstić information content (AvgIpc) is 2.76. The number of rotatable bonds is 4. The van der Waals surface area contributed by atoms with E-state index in [1.54, 1.807) is 60.1 Å². The van der Waals surface area contributed by atoms with Crippen LogP contribution in [-0.2, 0) is 17.1 Å². The van der Waals surface area contributed by atoms with Crippen molar-refractivity contribution in [2.45, 2.75) is 17.9 Å². The van der Waals surface area contributed by atoms with Gasteiger partial charge in [0.1, 0.15) is 5.82 Å². The summed E-state index contributed by atoms with van der Waals surface area (Å²) in [6, 6.07) is 13.4. The van der Waals surface area contributed by atoms with Crippen LogP contribution in [0, 0.1) is 0 Å². The highest BCUT2D eigenvalue weighted by atomic mass is 35.5. The van der Waals surface area contributed by atoms with E-state index in [0.717, 1.165) is 0 Å². The number of aromatic nitrogens is 2. The number of fused-ring (bicyclic) bond motifs is 1. The molecule has 30 heavy (non-hydrogen) atoms. The summed E-state index contributed by atoms with van der Waals surface area (Å²) in [6.07, 6.45) is 0. The van der Waals surface area contributed by atoms with Gasteiger partial charge in [0.15, 0.2) is 0 Å². The number of hydrogen-bond acceptors (Lipinski definition) is 5. The fourth-order valence-corrected chi connectivity index (χ4v) is 5.48. The molecule has 1 aliphatic heterocycles. The van der Waals surface area contributed by atoms with E-state index in [1.807, 2.05) is 6.92 Å². The Morgan fingerprint density at radius 1 is 1.03 bits per heavy atom. The summed E-state index contributed by atoms with van der Waals surface area (Å²) in [5, 5.41) is 1.05. The molecule has 1 aromatic heterocycles. The van der Waals surface area contributed by atoms with Crippen LogP contribution in [0.15, 0.2) is 58.2 Å². The number of nitrogens with zero attached hydrogens (tertiary/aromatic N) is 4. The summed E-state index contributed by atoms with van der Waals surface area (Å²) in [5.74, 6) is 0.633. The van der Waals surface area contributed by atoms with E-state index in [-0.39, 0.29) is 11.6 Å². The lowest BCUT2D eigenvalue weighted by molar-refractivity contribution is 0.139. The van der Waals surface area contributed by atoms with Crippen LogP contribution in [-0.4, -0.2) is 53.4 Å². The highest BCUT2D eigenvalue weighted by molar-refractivity contribution is 7.89. The Morgan fingerprint density at radius 3 is 2.37 bits per heavy atom. The molecule has 1 saturated heterocycles. The minimum Gasteiger partial charge on any atom is -0.298 e. The highest BCUT2D eigenvalue weighted by Crippen LogP contribution is 2.24. The van der Waals surface area contributed by atoms with E-state index in [4.69, 9.17) is 16.6 Å². The molecule has 0 spiro atoms. The first-order valence-electron chi connectivity index (χ1n) is 9.74. The van der Waals surface area contributed by atoms with Crippen LogP contribution in [0.4, 0.5) is 0 Å². The van der Waals surface area contributed by atoms with Crippen LogP contribution in [0.5, 0.6) is 0 Å². The van der Waals surface area contributed by atoms with Gasteiger partial charge >= 0.3 is 0 Å². The molecule has 3 aromatic rings. The fourth-order valence-electron chi connectivity index (χ4n) is 3.87. The third-order valence-electron chi connectivity index (χ3n) is 5.65. The summed E-state index contributed by atoms with van der Waals surface area (Å²) in [4.78, 5) is 19.9. The third kappa shape index (κ3) is 3.76. The lowest BCUT2D eigenvalue weighted by atomic mass is 10.2. The number of hydrogen-bond donors (Lipinski definition) is 0. The standard InChI is InChI=1S/C21H23ClN4O3S/c1-15(20-23-19-14-16(22)8-9-18(19)21(27)24(20)2)25-10-12-26(13-11-25)30(28,29)17-6-4-3-5-7-17/h3-9,14-15H,10-13H2,1-2H3. The smallest absolute Gasteiger partial charge is 0.261 e. The van der Waals surface area contributed by atoms with Crippen molar-refractivity contribution < 1.29 is 8.42 Å². The zero-order valence-corrected chi connectivity index (χ0v) is 18.4. The van der Waals surface area contributed by atoms with Gasteiger partial charge in [-0.15, -0.1) is 0 Å².